The molecular weight excluding hydrogens is 308 g/mol. The van der Waals surface area contributed by atoms with Crippen LogP contribution in [0.3, 0.4) is 0 Å². The highest BCUT2D eigenvalue weighted by Crippen LogP contribution is 2.49. The average molecular weight is 329 g/mol. The number of aliphatic carboxylic acids is 1. The second-order valence-corrected chi connectivity index (χ2v) is 6.79. The molecule has 2 atom stereocenters. The molecule has 3 saturated carbocycles. The van der Waals surface area contributed by atoms with Crippen LogP contribution in [0.4, 0.5) is 11.4 Å². The number of fused-ring (bicyclic) bond motifs is 3. The first kappa shape index (κ1) is 16.5. The van der Waals surface area contributed by atoms with E-state index < -0.39 is 17.8 Å². The molecule has 3 aliphatic rings. The van der Waals surface area contributed by atoms with Crippen LogP contribution in [0.25, 0.3) is 0 Å². The summed E-state index contributed by atoms with van der Waals surface area (Å²) in [6.07, 6.45) is 3.57. The summed E-state index contributed by atoms with van der Waals surface area (Å²) in [6, 6.07) is 6.77. The third-order valence-electron chi connectivity index (χ3n) is 5.27. The summed E-state index contributed by atoms with van der Waals surface area (Å²) in [7, 11) is 0. The number of carboxylic acids is 1. The van der Waals surface area contributed by atoms with E-state index in [1.165, 1.54) is 6.92 Å². The van der Waals surface area contributed by atoms with E-state index in [0.717, 1.165) is 25.7 Å². The molecule has 6 heteroatoms. The summed E-state index contributed by atoms with van der Waals surface area (Å²) in [5.41, 5.74) is 1.23. The lowest BCUT2D eigenvalue weighted by Crippen LogP contribution is -2.52. The molecule has 0 radical (unpaired) electrons. The first-order valence-electron chi connectivity index (χ1n) is 8.35. The van der Waals surface area contributed by atoms with Crippen molar-refractivity contribution in [3.8, 4) is 0 Å². The Hall–Kier alpha value is -2.37. The molecule has 1 aromatic rings. The van der Waals surface area contributed by atoms with Crippen LogP contribution in [0.2, 0.25) is 0 Å². The molecular formula is C18H21N2O4-. The molecule has 6 nitrogen and oxygen atoms in total. The van der Waals surface area contributed by atoms with Gasteiger partial charge < -0.3 is 20.5 Å². The molecule has 0 aromatic heterocycles. The van der Waals surface area contributed by atoms with Gasteiger partial charge in [0.05, 0.1) is 0 Å². The smallest absolute Gasteiger partial charge is 0.228 e. The van der Waals surface area contributed by atoms with Crippen molar-refractivity contribution in [2.24, 2.45) is 23.7 Å². The Balaban J connectivity index is 1.71. The highest BCUT2D eigenvalue weighted by atomic mass is 16.4. The third kappa shape index (κ3) is 3.27. The Kier molecular flexibility index (Phi) is 4.55. The Morgan fingerprint density at radius 3 is 1.79 bits per heavy atom. The number of anilines is 2. The van der Waals surface area contributed by atoms with Crippen molar-refractivity contribution in [1.29, 1.82) is 0 Å². The largest absolute Gasteiger partial charge is 0.550 e. The van der Waals surface area contributed by atoms with Crippen molar-refractivity contribution >= 4 is 29.2 Å². The summed E-state index contributed by atoms with van der Waals surface area (Å²) in [4.78, 5) is 35.2. The van der Waals surface area contributed by atoms with E-state index in [2.05, 4.69) is 10.6 Å². The fourth-order valence-electron chi connectivity index (χ4n) is 4.23. The fraction of sp³-hybridized carbons (Fsp3) is 0.500. The summed E-state index contributed by atoms with van der Waals surface area (Å²) >= 11 is 0. The lowest BCUT2D eigenvalue weighted by Gasteiger charge is -2.48. The number of carboxylic acid groups (broad SMARTS) is 1. The molecule has 0 unspecified atom stereocenters. The van der Waals surface area contributed by atoms with Gasteiger partial charge in [-0.1, -0.05) is 0 Å². The van der Waals surface area contributed by atoms with Gasteiger partial charge in [0, 0.05) is 36.1 Å². The molecule has 2 amide bonds. The zero-order chi connectivity index (χ0) is 17.3. The molecule has 0 heterocycles. The van der Waals surface area contributed by atoms with Crippen molar-refractivity contribution in [3.05, 3.63) is 24.3 Å². The van der Waals surface area contributed by atoms with Crippen LogP contribution in [0.15, 0.2) is 24.3 Å². The molecule has 0 spiro atoms. The number of carbonyl (C=O) groups excluding carboxylic acids is 3. The number of hydrogen-bond acceptors (Lipinski definition) is 4. The number of hydrogen-bond donors (Lipinski definition) is 2. The molecule has 0 aliphatic heterocycles. The van der Waals surface area contributed by atoms with Gasteiger partial charge in [0.15, 0.2) is 0 Å². The van der Waals surface area contributed by atoms with Crippen LogP contribution in [0.5, 0.6) is 0 Å². The highest BCUT2D eigenvalue weighted by molar-refractivity contribution is 5.96. The van der Waals surface area contributed by atoms with Gasteiger partial charge in [-0.15, -0.1) is 0 Å². The lowest BCUT2D eigenvalue weighted by atomic mass is 9.58. The summed E-state index contributed by atoms with van der Waals surface area (Å²) in [5.74, 6) is -2.54. The Morgan fingerprint density at radius 2 is 1.33 bits per heavy atom. The van der Waals surface area contributed by atoms with Crippen molar-refractivity contribution in [2.45, 2.75) is 32.6 Å². The van der Waals surface area contributed by atoms with Crippen LogP contribution < -0.4 is 15.7 Å². The summed E-state index contributed by atoms with van der Waals surface area (Å²) < 4.78 is 0. The number of amides is 2. The molecule has 4 rings (SSSR count). The fourth-order valence-corrected chi connectivity index (χ4v) is 4.23. The molecule has 24 heavy (non-hydrogen) atoms. The second kappa shape index (κ2) is 6.63. The number of nitrogens with one attached hydrogen (secondary N) is 2. The predicted octanol–water partition coefficient (Wildman–Crippen LogP) is 1.39. The zero-order valence-corrected chi connectivity index (χ0v) is 13.6. The quantitative estimate of drug-likeness (QED) is 0.872. The van der Waals surface area contributed by atoms with Gasteiger partial charge in [-0.3, -0.25) is 9.59 Å². The molecule has 1 aromatic carbocycles. The van der Waals surface area contributed by atoms with Crippen molar-refractivity contribution < 1.29 is 19.5 Å². The van der Waals surface area contributed by atoms with E-state index in [4.69, 9.17) is 0 Å². The molecule has 3 fully saturated rings. The first-order valence-corrected chi connectivity index (χ1v) is 8.35. The van der Waals surface area contributed by atoms with Crippen LogP contribution >= 0.6 is 0 Å². The monoisotopic (exact) mass is 329 g/mol. The van der Waals surface area contributed by atoms with Crippen molar-refractivity contribution in [1.82, 2.24) is 0 Å². The van der Waals surface area contributed by atoms with Gasteiger partial charge in [-0.25, -0.2) is 0 Å². The van der Waals surface area contributed by atoms with E-state index in [1.807, 2.05) is 0 Å². The molecule has 3 aliphatic carbocycles. The van der Waals surface area contributed by atoms with Gasteiger partial charge in [0.25, 0.3) is 0 Å². The minimum atomic E-state index is -1.11. The van der Waals surface area contributed by atoms with Crippen LogP contribution in [-0.2, 0) is 14.4 Å². The van der Waals surface area contributed by atoms with Crippen molar-refractivity contribution in [2.75, 3.05) is 10.6 Å². The molecule has 2 N–H and O–H groups in total. The lowest BCUT2D eigenvalue weighted by molar-refractivity contribution is -0.318. The standard InChI is InChI=1S/C18H22N2O4/c1-10(21)19-13-6-8-14(9-7-13)20-17(22)15-11-2-4-12(5-3-11)16(15)18(23)24/h6-9,11-12,15-16H,2-5H2,1H3,(H,19,21)(H,20,22)(H,23,24)/p-1/t11?,12?,15-,16+/m0/s1. The second-order valence-electron chi connectivity index (χ2n) is 6.79. The maximum absolute atomic E-state index is 12.7. The molecule has 2 bridgehead atoms. The summed E-state index contributed by atoms with van der Waals surface area (Å²) in [6.45, 7) is 1.42. The maximum atomic E-state index is 12.7. The van der Waals surface area contributed by atoms with Crippen molar-refractivity contribution in [3.63, 3.8) is 0 Å². The van der Waals surface area contributed by atoms with Gasteiger partial charge in [-0.2, -0.15) is 0 Å². The van der Waals surface area contributed by atoms with E-state index in [-0.39, 0.29) is 23.7 Å². The van der Waals surface area contributed by atoms with Crippen LogP contribution in [-0.4, -0.2) is 17.8 Å². The Morgan fingerprint density at radius 1 is 0.875 bits per heavy atom. The zero-order valence-electron chi connectivity index (χ0n) is 13.6. The normalized spacial score (nSPS) is 28.2. The number of benzene rings is 1. The van der Waals surface area contributed by atoms with Gasteiger partial charge in [0.1, 0.15) is 0 Å². The predicted molar refractivity (Wildman–Crippen MR) is 86.8 cm³/mol. The first-order chi connectivity index (χ1) is 11.5. The highest BCUT2D eigenvalue weighted by Gasteiger charge is 2.47. The average Bonchev–Trinajstić information content (AvgIpc) is 2.56. The third-order valence-corrected chi connectivity index (χ3v) is 5.27. The van der Waals surface area contributed by atoms with Crippen LogP contribution in [0.1, 0.15) is 32.6 Å². The number of rotatable bonds is 4. The molecule has 128 valence electrons. The van der Waals surface area contributed by atoms with Gasteiger partial charge in [-0.05, 0) is 61.8 Å². The summed E-state index contributed by atoms with van der Waals surface area (Å²) in [5, 5.41) is 17.0. The van der Waals surface area contributed by atoms with E-state index in [9.17, 15) is 19.5 Å². The van der Waals surface area contributed by atoms with Crippen LogP contribution in [0, 0.1) is 23.7 Å². The van der Waals surface area contributed by atoms with E-state index >= 15 is 0 Å². The van der Waals surface area contributed by atoms with E-state index in [1.54, 1.807) is 24.3 Å². The van der Waals surface area contributed by atoms with Gasteiger partial charge in [0.2, 0.25) is 11.8 Å². The maximum Gasteiger partial charge on any atom is 0.228 e. The Bertz CT molecular complexity index is 647. The number of carbonyl (C=O) groups is 3. The minimum Gasteiger partial charge on any atom is -0.550 e. The Labute approximate surface area is 140 Å². The minimum absolute atomic E-state index is 0.0536. The topological polar surface area (TPSA) is 98.3 Å². The SMILES string of the molecule is CC(=O)Nc1ccc(NC(=O)[C@H]2C3CCC(CC3)[C@H]2C(=O)[O-])cc1. The molecule has 0 saturated heterocycles. The van der Waals surface area contributed by atoms with Gasteiger partial charge >= 0.3 is 0 Å². The van der Waals surface area contributed by atoms with E-state index in [0.29, 0.717) is 11.4 Å².